The van der Waals surface area contributed by atoms with Gasteiger partial charge >= 0.3 is 0 Å². The first-order chi connectivity index (χ1) is 9.63. The van der Waals surface area contributed by atoms with Gasteiger partial charge < -0.3 is 20.7 Å². The van der Waals surface area contributed by atoms with E-state index in [-0.39, 0.29) is 29.8 Å². The number of hydrogen-bond acceptors (Lipinski definition) is 4. The van der Waals surface area contributed by atoms with E-state index in [1.165, 1.54) is 0 Å². The average Bonchev–Trinajstić information content (AvgIpc) is 2.90. The van der Waals surface area contributed by atoms with Gasteiger partial charge in [-0.05, 0) is 26.2 Å². The van der Waals surface area contributed by atoms with Crippen LogP contribution >= 0.6 is 0 Å². The molecule has 3 unspecified atom stereocenters. The van der Waals surface area contributed by atoms with Crippen molar-refractivity contribution >= 4 is 11.8 Å². The molecule has 0 aromatic rings. The van der Waals surface area contributed by atoms with Gasteiger partial charge in [0, 0.05) is 32.8 Å². The molecule has 0 bridgehead atoms. The Morgan fingerprint density at radius 3 is 2.85 bits per heavy atom. The van der Waals surface area contributed by atoms with Crippen LogP contribution in [0.5, 0.6) is 0 Å². The average molecular weight is 283 g/mol. The summed E-state index contributed by atoms with van der Waals surface area (Å²) >= 11 is 0. The van der Waals surface area contributed by atoms with Gasteiger partial charge in [0.1, 0.15) is 0 Å². The van der Waals surface area contributed by atoms with Crippen LogP contribution in [0.1, 0.15) is 26.2 Å². The zero-order valence-electron chi connectivity index (χ0n) is 12.1. The normalized spacial score (nSPS) is 30.3. The molecule has 3 N–H and O–H groups in total. The van der Waals surface area contributed by atoms with Crippen molar-refractivity contribution in [3.05, 3.63) is 0 Å². The second-order valence-electron chi connectivity index (χ2n) is 5.67. The Balaban J connectivity index is 1.89. The van der Waals surface area contributed by atoms with Crippen molar-refractivity contribution < 1.29 is 14.3 Å². The summed E-state index contributed by atoms with van der Waals surface area (Å²) < 4.78 is 5.46. The molecular weight excluding hydrogens is 258 g/mol. The number of rotatable bonds is 4. The second-order valence-corrected chi connectivity index (χ2v) is 5.67. The fourth-order valence-corrected chi connectivity index (χ4v) is 3.02. The number of likely N-dealkylation sites (tertiary alicyclic amines) is 1. The lowest BCUT2D eigenvalue weighted by molar-refractivity contribution is -0.140. The van der Waals surface area contributed by atoms with Crippen LogP contribution in [-0.4, -0.2) is 55.6 Å². The number of ether oxygens (including phenoxy) is 1. The van der Waals surface area contributed by atoms with Crippen LogP contribution in [0.3, 0.4) is 0 Å². The molecule has 2 saturated heterocycles. The molecule has 2 amide bonds. The third kappa shape index (κ3) is 3.49. The highest BCUT2D eigenvalue weighted by Crippen LogP contribution is 2.25. The standard InChI is InChI=1S/C14H25N3O3/c1-10-12(4-8-20-10)14(19)17-7-2-3-11(9-17)13(18)16-6-5-15/h10-12H,2-9,15H2,1H3,(H,16,18). The molecule has 6 nitrogen and oxygen atoms in total. The number of nitrogens with two attached hydrogens (primary N) is 1. The molecule has 114 valence electrons. The molecule has 2 rings (SSSR count). The largest absolute Gasteiger partial charge is 0.378 e. The number of carbonyl (C=O) groups is 2. The maximum atomic E-state index is 12.5. The maximum Gasteiger partial charge on any atom is 0.228 e. The van der Waals surface area contributed by atoms with E-state index in [9.17, 15) is 9.59 Å². The van der Waals surface area contributed by atoms with Gasteiger partial charge in [0.25, 0.3) is 0 Å². The number of nitrogens with zero attached hydrogens (tertiary/aromatic N) is 1. The quantitative estimate of drug-likeness (QED) is 0.743. The van der Waals surface area contributed by atoms with Crippen molar-refractivity contribution in [1.82, 2.24) is 10.2 Å². The number of nitrogens with one attached hydrogen (secondary N) is 1. The molecule has 0 spiro atoms. The van der Waals surface area contributed by atoms with Gasteiger partial charge in [0.2, 0.25) is 11.8 Å². The van der Waals surface area contributed by atoms with E-state index in [1.807, 2.05) is 11.8 Å². The molecule has 6 heteroatoms. The molecule has 20 heavy (non-hydrogen) atoms. The lowest BCUT2D eigenvalue weighted by Gasteiger charge is -2.34. The van der Waals surface area contributed by atoms with Crippen molar-refractivity contribution in [1.29, 1.82) is 0 Å². The van der Waals surface area contributed by atoms with Crippen LogP contribution in [0.4, 0.5) is 0 Å². The predicted octanol–water partition coefficient (Wildman–Crippen LogP) is -0.275. The van der Waals surface area contributed by atoms with Crippen LogP contribution in [0.2, 0.25) is 0 Å². The zero-order valence-corrected chi connectivity index (χ0v) is 12.1. The second kappa shape index (κ2) is 7.04. The summed E-state index contributed by atoms with van der Waals surface area (Å²) in [6.07, 6.45) is 2.51. The first kappa shape index (κ1) is 15.3. The molecule has 2 heterocycles. The summed E-state index contributed by atoms with van der Waals surface area (Å²) in [5.41, 5.74) is 5.39. The van der Waals surface area contributed by atoms with Gasteiger partial charge in [-0.25, -0.2) is 0 Å². The Kier molecular flexibility index (Phi) is 5.37. The molecule has 0 radical (unpaired) electrons. The zero-order chi connectivity index (χ0) is 14.5. The highest BCUT2D eigenvalue weighted by Gasteiger charge is 2.36. The molecule has 0 aliphatic carbocycles. The van der Waals surface area contributed by atoms with Crippen molar-refractivity contribution in [3.8, 4) is 0 Å². The Bertz CT molecular complexity index is 362. The number of carbonyl (C=O) groups excluding carboxylic acids is 2. The van der Waals surface area contributed by atoms with E-state index >= 15 is 0 Å². The molecule has 0 saturated carbocycles. The molecule has 0 aromatic carbocycles. The van der Waals surface area contributed by atoms with Crippen LogP contribution in [0, 0.1) is 11.8 Å². The summed E-state index contributed by atoms with van der Waals surface area (Å²) in [6.45, 7) is 4.83. The van der Waals surface area contributed by atoms with E-state index in [0.29, 0.717) is 26.2 Å². The Hall–Kier alpha value is -1.14. The minimum Gasteiger partial charge on any atom is -0.378 e. The van der Waals surface area contributed by atoms with Crippen LogP contribution < -0.4 is 11.1 Å². The van der Waals surface area contributed by atoms with Crippen molar-refractivity contribution in [3.63, 3.8) is 0 Å². The Labute approximate surface area is 120 Å². The van der Waals surface area contributed by atoms with Gasteiger partial charge in [-0.15, -0.1) is 0 Å². The fraction of sp³-hybridized carbons (Fsp3) is 0.857. The Morgan fingerprint density at radius 2 is 2.20 bits per heavy atom. The molecular formula is C14H25N3O3. The molecule has 2 aliphatic heterocycles. The van der Waals surface area contributed by atoms with Crippen LogP contribution in [-0.2, 0) is 14.3 Å². The maximum absolute atomic E-state index is 12.5. The number of piperidine rings is 1. The van der Waals surface area contributed by atoms with Gasteiger partial charge in [0.05, 0.1) is 17.9 Å². The van der Waals surface area contributed by atoms with E-state index < -0.39 is 0 Å². The number of hydrogen-bond donors (Lipinski definition) is 2. The lowest BCUT2D eigenvalue weighted by atomic mass is 9.94. The SMILES string of the molecule is CC1OCCC1C(=O)N1CCCC(C(=O)NCCN)C1. The van der Waals surface area contributed by atoms with E-state index in [1.54, 1.807) is 0 Å². The van der Waals surface area contributed by atoms with Gasteiger partial charge in [-0.1, -0.05) is 0 Å². The predicted molar refractivity (Wildman–Crippen MR) is 74.9 cm³/mol. The highest BCUT2D eigenvalue weighted by molar-refractivity contribution is 5.82. The molecule has 0 aromatic heterocycles. The van der Waals surface area contributed by atoms with Crippen LogP contribution in [0.25, 0.3) is 0 Å². The minimum absolute atomic E-state index is 0.00561. The van der Waals surface area contributed by atoms with Crippen molar-refractivity contribution in [2.24, 2.45) is 17.6 Å². The number of amides is 2. The summed E-state index contributed by atoms with van der Waals surface area (Å²) in [6, 6.07) is 0. The van der Waals surface area contributed by atoms with Crippen LogP contribution in [0.15, 0.2) is 0 Å². The van der Waals surface area contributed by atoms with E-state index in [2.05, 4.69) is 5.32 Å². The summed E-state index contributed by atoms with van der Waals surface area (Å²) in [5, 5.41) is 2.81. The van der Waals surface area contributed by atoms with E-state index in [0.717, 1.165) is 25.8 Å². The first-order valence-corrected chi connectivity index (χ1v) is 7.51. The van der Waals surface area contributed by atoms with Crippen molar-refractivity contribution in [2.75, 3.05) is 32.8 Å². The Morgan fingerprint density at radius 1 is 1.40 bits per heavy atom. The first-order valence-electron chi connectivity index (χ1n) is 7.51. The minimum atomic E-state index is -0.100. The van der Waals surface area contributed by atoms with Gasteiger partial charge in [0.15, 0.2) is 0 Å². The highest BCUT2D eigenvalue weighted by atomic mass is 16.5. The monoisotopic (exact) mass is 283 g/mol. The topological polar surface area (TPSA) is 84.7 Å². The summed E-state index contributed by atoms with van der Waals surface area (Å²) in [4.78, 5) is 26.3. The van der Waals surface area contributed by atoms with Crippen molar-refractivity contribution in [2.45, 2.75) is 32.3 Å². The van der Waals surface area contributed by atoms with Gasteiger partial charge in [-0.3, -0.25) is 9.59 Å². The smallest absolute Gasteiger partial charge is 0.228 e. The molecule has 2 aliphatic rings. The summed E-state index contributed by atoms with van der Waals surface area (Å²) in [5.74, 6) is 0.0210. The lowest BCUT2D eigenvalue weighted by Crippen LogP contribution is -2.48. The van der Waals surface area contributed by atoms with E-state index in [4.69, 9.17) is 10.5 Å². The third-order valence-electron chi connectivity index (χ3n) is 4.24. The fourth-order valence-electron chi connectivity index (χ4n) is 3.02. The molecule has 2 fully saturated rings. The third-order valence-corrected chi connectivity index (χ3v) is 4.24. The van der Waals surface area contributed by atoms with Gasteiger partial charge in [-0.2, -0.15) is 0 Å². The molecule has 3 atom stereocenters. The summed E-state index contributed by atoms with van der Waals surface area (Å²) in [7, 11) is 0.